The van der Waals surface area contributed by atoms with Crippen LogP contribution in [0.5, 0.6) is 0 Å². The fraction of sp³-hybridized carbons (Fsp3) is 0.750. The summed E-state index contributed by atoms with van der Waals surface area (Å²) >= 11 is 0. The summed E-state index contributed by atoms with van der Waals surface area (Å²) in [6.45, 7) is -0.108. The number of carboxylic acids is 1. The summed E-state index contributed by atoms with van der Waals surface area (Å²) in [5.41, 5.74) is 0. The lowest BCUT2D eigenvalue weighted by molar-refractivity contribution is -0.274. The molecule has 3 heterocycles. The minimum Gasteiger partial charge on any atom is -0.475 e. The van der Waals surface area contributed by atoms with E-state index in [1.165, 1.54) is 0 Å². The van der Waals surface area contributed by atoms with Crippen LogP contribution < -0.4 is 4.72 Å². The fourth-order valence-corrected chi connectivity index (χ4v) is 3.48. The first-order valence-corrected chi connectivity index (χ1v) is 8.84. The topological polar surface area (TPSA) is 201 Å². The standard InChI is InChI=1S/C12H17NO12S/c14-3-1-4(10(17)18)23-12(7(3)15)25-9-5-2-22-11(24-5)6(8(9)16)13-26(19,20)21/h1,3,5-9,11-16H,2H2,(H,17,18)(H,19,20,21)/t3-,5+,6-,7+,8+,9?,11+,12-/m0/s1. The number of hydrogen-bond donors (Lipinski definition) is 6. The predicted molar refractivity (Wildman–Crippen MR) is 76.6 cm³/mol. The van der Waals surface area contributed by atoms with Gasteiger partial charge in [-0.05, 0) is 6.08 Å². The van der Waals surface area contributed by atoms with Crippen molar-refractivity contribution in [2.75, 3.05) is 6.61 Å². The quantitative estimate of drug-likeness (QED) is 0.247. The zero-order chi connectivity index (χ0) is 19.2. The SMILES string of the molecule is O=C(O)C1=C[C@H](O)[C@@H](O)[C@H](OC2[C@H]3CO[C@H](O3)[C@@H](NS(=O)(=O)O)[C@H]2O)O1. The monoisotopic (exact) mass is 399 g/mol. The molecule has 14 heteroatoms. The second-order valence-corrected chi connectivity index (χ2v) is 7.08. The maximum Gasteiger partial charge on any atom is 0.371 e. The Morgan fingerprint density at radius 2 is 1.96 bits per heavy atom. The molecule has 0 spiro atoms. The third-order valence-corrected chi connectivity index (χ3v) is 4.65. The third-order valence-electron chi connectivity index (χ3n) is 4.08. The van der Waals surface area contributed by atoms with E-state index in [2.05, 4.69) is 0 Å². The van der Waals surface area contributed by atoms with Gasteiger partial charge in [0.25, 0.3) is 0 Å². The number of aliphatic carboxylic acids is 1. The Bertz CT molecular complexity index is 694. The highest BCUT2D eigenvalue weighted by molar-refractivity contribution is 7.83. The van der Waals surface area contributed by atoms with Crippen molar-refractivity contribution in [3.63, 3.8) is 0 Å². The van der Waals surface area contributed by atoms with Gasteiger partial charge < -0.3 is 39.4 Å². The Morgan fingerprint density at radius 1 is 1.27 bits per heavy atom. The van der Waals surface area contributed by atoms with Crippen LogP contribution in [-0.2, 0) is 34.0 Å². The number of rotatable bonds is 5. The van der Waals surface area contributed by atoms with Gasteiger partial charge in [-0.15, -0.1) is 0 Å². The molecule has 0 aliphatic carbocycles. The first-order chi connectivity index (χ1) is 12.1. The summed E-state index contributed by atoms with van der Waals surface area (Å²) < 4.78 is 53.6. The van der Waals surface area contributed by atoms with E-state index in [4.69, 9.17) is 28.6 Å². The Kier molecular flexibility index (Phi) is 5.22. The van der Waals surface area contributed by atoms with Crippen molar-refractivity contribution < 1.29 is 57.1 Å². The molecule has 0 aromatic heterocycles. The molecule has 0 amide bonds. The maximum atomic E-state index is 11.0. The van der Waals surface area contributed by atoms with Crippen molar-refractivity contribution in [3.8, 4) is 0 Å². The summed E-state index contributed by atoms with van der Waals surface area (Å²) in [5, 5.41) is 39.0. The van der Waals surface area contributed by atoms with E-state index < -0.39 is 71.2 Å². The van der Waals surface area contributed by atoms with Gasteiger partial charge in [-0.2, -0.15) is 13.1 Å². The van der Waals surface area contributed by atoms with Crippen LogP contribution in [0.1, 0.15) is 0 Å². The van der Waals surface area contributed by atoms with E-state index in [0.29, 0.717) is 0 Å². The number of aliphatic hydroxyl groups is 3. The van der Waals surface area contributed by atoms with Gasteiger partial charge in [-0.1, -0.05) is 0 Å². The average Bonchev–Trinajstić information content (AvgIpc) is 2.97. The molecule has 3 rings (SSSR count). The zero-order valence-electron chi connectivity index (χ0n) is 12.9. The first-order valence-electron chi connectivity index (χ1n) is 7.40. The Labute approximate surface area is 146 Å². The van der Waals surface area contributed by atoms with Gasteiger partial charge >= 0.3 is 16.3 Å². The summed E-state index contributed by atoms with van der Waals surface area (Å²) in [4.78, 5) is 11.0. The molecule has 0 saturated carbocycles. The molecule has 2 bridgehead atoms. The minimum atomic E-state index is -4.71. The molecule has 6 N–H and O–H groups in total. The van der Waals surface area contributed by atoms with Crippen LogP contribution in [0.25, 0.3) is 0 Å². The molecule has 0 aromatic rings. The highest BCUT2D eigenvalue weighted by atomic mass is 32.2. The minimum absolute atomic E-state index is 0.108. The van der Waals surface area contributed by atoms with Crippen LogP contribution in [0.2, 0.25) is 0 Å². The van der Waals surface area contributed by atoms with E-state index in [9.17, 15) is 28.5 Å². The highest BCUT2D eigenvalue weighted by Gasteiger charge is 2.53. The van der Waals surface area contributed by atoms with Crippen molar-refractivity contribution in [1.29, 1.82) is 0 Å². The maximum absolute atomic E-state index is 11.0. The number of fused-ring (bicyclic) bond motifs is 2. The van der Waals surface area contributed by atoms with Gasteiger partial charge in [0, 0.05) is 0 Å². The van der Waals surface area contributed by atoms with E-state index >= 15 is 0 Å². The van der Waals surface area contributed by atoms with Crippen molar-refractivity contribution in [3.05, 3.63) is 11.8 Å². The number of hydrogen-bond acceptors (Lipinski definition) is 10. The normalized spacial score (nSPS) is 42.8. The van der Waals surface area contributed by atoms with Gasteiger partial charge in [0.15, 0.2) is 6.29 Å². The van der Waals surface area contributed by atoms with Crippen molar-refractivity contribution >= 4 is 16.3 Å². The second-order valence-electron chi connectivity index (χ2n) is 5.89. The molecule has 26 heavy (non-hydrogen) atoms. The van der Waals surface area contributed by atoms with Crippen LogP contribution in [0.3, 0.4) is 0 Å². The smallest absolute Gasteiger partial charge is 0.371 e. The van der Waals surface area contributed by atoms with Crippen LogP contribution >= 0.6 is 0 Å². The van der Waals surface area contributed by atoms with Crippen LogP contribution in [-0.4, -0.2) is 95.1 Å². The average molecular weight is 399 g/mol. The molecular weight excluding hydrogens is 382 g/mol. The number of carbonyl (C=O) groups is 1. The van der Waals surface area contributed by atoms with Gasteiger partial charge in [-0.3, -0.25) is 4.55 Å². The lowest BCUT2D eigenvalue weighted by atomic mass is 9.99. The van der Waals surface area contributed by atoms with Crippen LogP contribution in [0, 0.1) is 0 Å². The number of ether oxygens (including phenoxy) is 4. The van der Waals surface area contributed by atoms with E-state index in [1.807, 2.05) is 0 Å². The van der Waals surface area contributed by atoms with Crippen LogP contribution in [0.15, 0.2) is 11.8 Å². The van der Waals surface area contributed by atoms with Gasteiger partial charge in [-0.25, -0.2) is 4.79 Å². The van der Waals surface area contributed by atoms with Crippen LogP contribution in [0.4, 0.5) is 0 Å². The Hall–Kier alpha value is -1.36. The molecule has 0 radical (unpaired) electrons. The summed E-state index contributed by atoms with van der Waals surface area (Å²) in [6, 6.07) is -1.44. The van der Waals surface area contributed by atoms with Crippen molar-refractivity contribution in [2.24, 2.45) is 0 Å². The molecular formula is C12H17NO12S. The van der Waals surface area contributed by atoms with Gasteiger partial charge in [0.1, 0.15) is 36.6 Å². The largest absolute Gasteiger partial charge is 0.475 e. The zero-order valence-corrected chi connectivity index (χ0v) is 13.7. The Balaban J connectivity index is 1.78. The fourth-order valence-electron chi connectivity index (χ4n) is 2.89. The van der Waals surface area contributed by atoms with E-state index in [1.54, 1.807) is 4.72 Å². The predicted octanol–water partition coefficient (Wildman–Crippen LogP) is -3.70. The molecule has 2 fully saturated rings. The molecule has 148 valence electrons. The van der Waals surface area contributed by atoms with Gasteiger partial charge in [0.05, 0.1) is 6.61 Å². The van der Waals surface area contributed by atoms with Crippen molar-refractivity contribution in [1.82, 2.24) is 4.72 Å². The van der Waals surface area contributed by atoms with Crippen molar-refractivity contribution in [2.45, 2.75) is 49.1 Å². The molecule has 3 aliphatic heterocycles. The number of aliphatic hydroxyl groups excluding tert-OH is 3. The number of nitrogens with one attached hydrogen (secondary N) is 1. The summed E-state index contributed by atoms with van der Waals surface area (Å²) in [5.74, 6) is -2.19. The summed E-state index contributed by atoms with van der Waals surface area (Å²) in [7, 11) is -4.71. The lowest BCUT2D eigenvalue weighted by Gasteiger charge is -2.40. The second kappa shape index (κ2) is 6.99. The van der Waals surface area contributed by atoms with E-state index in [-0.39, 0.29) is 6.61 Å². The summed E-state index contributed by atoms with van der Waals surface area (Å²) in [6.07, 6.45) is -9.20. The van der Waals surface area contributed by atoms with Gasteiger partial charge in [0.2, 0.25) is 12.0 Å². The molecule has 3 aliphatic rings. The third kappa shape index (κ3) is 3.83. The molecule has 0 aromatic carbocycles. The molecule has 2 saturated heterocycles. The molecule has 13 nitrogen and oxygen atoms in total. The first kappa shape index (κ1) is 19.4. The highest BCUT2D eigenvalue weighted by Crippen LogP contribution is 2.32. The number of carboxylic acid groups (broad SMARTS) is 1. The molecule has 8 atom stereocenters. The molecule has 1 unspecified atom stereocenters. The van der Waals surface area contributed by atoms with E-state index in [0.717, 1.165) is 6.08 Å². The lowest BCUT2D eigenvalue weighted by Crippen LogP contribution is -2.62. The Morgan fingerprint density at radius 3 is 2.58 bits per heavy atom.